The number of carbonyl (C=O) groups is 1. The molecule has 17 nitrogen and oxygen atoms in total. The minimum atomic E-state index is -3.00. The predicted molar refractivity (Wildman–Crippen MR) is 302 cm³/mol. The van der Waals surface area contributed by atoms with Crippen molar-refractivity contribution in [3.63, 3.8) is 0 Å². The molecule has 406 valence electrons. The third-order valence-corrected chi connectivity index (χ3v) is 15.5. The van der Waals surface area contributed by atoms with Gasteiger partial charge in [-0.05, 0) is 107 Å². The molecule has 0 radical (unpaired) electrons. The van der Waals surface area contributed by atoms with E-state index >= 15 is 0 Å². The van der Waals surface area contributed by atoms with Gasteiger partial charge in [0.05, 0.1) is 39.8 Å². The number of rotatable bonds is 22. The van der Waals surface area contributed by atoms with Gasteiger partial charge in [-0.3, -0.25) is 29.4 Å². The third kappa shape index (κ3) is 10.8. The number of amides is 1. The van der Waals surface area contributed by atoms with Gasteiger partial charge in [0.2, 0.25) is 11.9 Å². The molecular weight excluding hydrogens is 1020 g/mol. The Balaban J connectivity index is 1.11. The second-order valence-electron chi connectivity index (χ2n) is 20.5. The van der Waals surface area contributed by atoms with E-state index in [1.54, 1.807) is 32.6 Å². The molecule has 0 spiro atoms. The maximum absolute atomic E-state index is 14.6. The Morgan fingerprint density at radius 3 is 2.01 bits per heavy atom. The number of fused-ring (bicyclic) bond motifs is 1. The van der Waals surface area contributed by atoms with Crippen molar-refractivity contribution in [1.29, 1.82) is 5.26 Å². The number of nitriles is 1. The lowest BCUT2D eigenvalue weighted by Crippen LogP contribution is -2.46. The van der Waals surface area contributed by atoms with Gasteiger partial charge in [0.15, 0.2) is 23.5 Å². The summed E-state index contributed by atoms with van der Waals surface area (Å²) in [5.74, 6) is 0.390. The Hall–Kier alpha value is -7.65. The lowest BCUT2D eigenvalue weighted by atomic mass is 9.80. The molecule has 1 amide bonds. The van der Waals surface area contributed by atoms with Crippen LogP contribution < -0.4 is 20.3 Å². The Morgan fingerprint density at radius 2 is 1.41 bits per heavy atom. The maximum atomic E-state index is 14.6. The van der Waals surface area contributed by atoms with Gasteiger partial charge in [0, 0.05) is 22.6 Å². The van der Waals surface area contributed by atoms with E-state index in [0.717, 1.165) is 54.6 Å². The highest BCUT2D eigenvalue weighted by atomic mass is 31.1. The number of H-pyrrole nitrogens is 1. The molecule has 4 unspecified atom stereocenters. The quantitative estimate of drug-likeness (QED) is 0.0369. The zero-order chi connectivity index (χ0) is 55.5. The van der Waals surface area contributed by atoms with Crippen LogP contribution in [0.3, 0.4) is 0 Å². The number of aromatic nitrogens is 4. The summed E-state index contributed by atoms with van der Waals surface area (Å²) in [5.41, 5.74) is 1.22. The number of imidazole rings is 1. The molecule has 0 saturated carbocycles. The summed E-state index contributed by atoms with van der Waals surface area (Å²) in [6.45, 7) is 11.0. The summed E-state index contributed by atoms with van der Waals surface area (Å²) in [6, 6.07) is 45.3. The van der Waals surface area contributed by atoms with Crippen molar-refractivity contribution in [2.45, 2.75) is 96.4 Å². The van der Waals surface area contributed by atoms with Gasteiger partial charge >= 0.3 is 8.25 Å². The number of hydrogen-bond acceptors (Lipinski definition) is 14. The molecule has 0 bridgehead atoms. The molecule has 18 heteroatoms. The van der Waals surface area contributed by atoms with Crippen LogP contribution in [0, 0.1) is 17.2 Å². The van der Waals surface area contributed by atoms with Crippen LogP contribution in [0.1, 0.15) is 70.0 Å². The highest BCUT2D eigenvalue weighted by Crippen LogP contribution is 2.46. The van der Waals surface area contributed by atoms with Gasteiger partial charge in [-0.15, -0.1) is 9.05 Å². The first-order valence-corrected chi connectivity index (χ1v) is 27.4. The molecule has 7 aromatic carbocycles. The Morgan fingerprint density at radius 1 is 0.797 bits per heavy atom. The number of hydrogen-bond donors (Lipinski definition) is 2. The van der Waals surface area contributed by atoms with Crippen LogP contribution in [-0.4, -0.2) is 94.2 Å². The van der Waals surface area contributed by atoms with E-state index in [2.05, 4.69) is 63.8 Å². The molecule has 2 aromatic heterocycles. The van der Waals surface area contributed by atoms with Crippen molar-refractivity contribution in [3.05, 3.63) is 172 Å². The Labute approximate surface area is 458 Å². The largest absolute Gasteiger partial charge is 0.697 e. The van der Waals surface area contributed by atoms with Crippen LogP contribution >= 0.6 is 8.25 Å². The number of aromatic amines is 1. The average molecular weight is 1090 g/mol. The summed E-state index contributed by atoms with van der Waals surface area (Å²) in [5, 5.41) is 19.6. The molecule has 79 heavy (non-hydrogen) atoms. The van der Waals surface area contributed by atoms with E-state index < -0.39 is 55.9 Å². The predicted octanol–water partition coefficient (Wildman–Crippen LogP) is 11.2. The van der Waals surface area contributed by atoms with Crippen molar-refractivity contribution >= 4 is 63.6 Å². The first-order valence-electron chi connectivity index (χ1n) is 26.4. The van der Waals surface area contributed by atoms with Crippen molar-refractivity contribution < 1.29 is 42.1 Å². The van der Waals surface area contributed by atoms with Crippen molar-refractivity contribution in [2.75, 3.05) is 32.8 Å². The standard InChI is InChI=1S/C61H62N7O10P/c1-36(2)57(69)65-60-64-56-53(58(70)66-60)63-35-67(56)59-55(74-32-42-20-19-41-18-17-39-13-12-14-40-21-30-49(42)52(41)51(39)40)54(78-79(71)76-33-46(31-62)68(37(3)4)38(5)6)50(77-59)34-75-61(43-15-10-9-11-16-43,44-22-26-47(72-7)27-23-44)45-24-28-48(73-8)29-25-45/h9-30,35-38,46,50,54-55,59H,32-34H2,1-8H3,(H-,64,65,66,69,70)/p+1/t46?,50-,54?,55?,59-/m1/s1. The first-order chi connectivity index (χ1) is 38.2. The van der Waals surface area contributed by atoms with Crippen LogP contribution in [-0.2, 0) is 44.8 Å². The Bertz CT molecular complexity index is 3640. The zero-order valence-corrected chi connectivity index (χ0v) is 46.2. The van der Waals surface area contributed by atoms with Crippen LogP contribution in [0.25, 0.3) is 43.5 Å². The molecule has 9 aromatic rings. The molecule has 3 heterocycles. The number of nitrogens with zero attached hydrogens (tertiary/aromatic N) is 5. The van der Waals surface area contributed by atoms with E-state index in [1.807, 2.05) is 124 Å². The first kappa shape index (κ1) is 54.7. The molecule has 1 aliphatic rings. The van der Waals surface area contributed by atoms with Crippen LogP contribution in [0.2, 0.25) is 0 Å². The number of anilines is 1. The fraction of sp³-hybridized carbons (Fsp3) is 0.328. The van der Waals surface area contributed by atoms with Gasteiger partial charge in [-0.1, -0.05) is 123 Å². The smallest absolute Gasteiger partial charge is 0.497 e. The van der Waals surface area contributed by atoms with E-state index in [-0.39, 0.29) is 54.9 Å². The summed E-state index contributed by atoms with van der Waals surface area (Å²) < 4.78 is 61.8. The second-order valence-corrected chi connectivity index (χ2v) is 21.4. The van der Waals surface area contributed by atoms with Gasteiger partial charge < -0.3 is 23.7 Å². The summed E-state index contributed by atoms with van der Waals surface area (Å²) in [7, 11) is 0.208. The molecular formula is C61H63N7O10P+. The fourth-order valence-corrected chi connectivity index (χ4v) is 11.7. The molecule has 1 saturated heterocycles. The van der Waals surface area contributed by atoms with Crippen LogP contribution in [0.5, 0.6) is 11.5 Å². The monoisotopic (exact) mass is 1080 g/mol. The molecule has 10 rings (SSSR count). The summed E-state index contributed by atoms with van der Waals surface area (Å²) in [4.78, 5) is 40.6. The zero-order valence-electron chi connectivity index (χ0n) is 45.3. The third-order valence-electron chi connectivity index (χ3n) is 14.7. The summed E-state index contributed by atoms with van der Waals surface area (Å²) in [6.07, 6.45) is -3.26. The Kier molecular flexibility index (Phi) is 16.2. The van der Waals surface area contributed by atoms with Gasteiger partial charge in [0.25, 0.3) is 5.56 Å². The van der Waals surface area contributed by atoms with Crippen LogP contribution in [0.4, 0.5) is 5.95 Å². The fourth-order valence-electron chi connectivity index (χ4n) is 11.0. The second kappa shape index (κ2) is 23.4. The molecule has 2 N–H and O–H groups in total. The van der Waals surface area contributed by atoms with Gasteiger partial charge in [0.1, 0.15) is 42.0 Å². The molecule has 1 aliphatic heterocycles. The SMILES string of the molecule is COc1ccc(C(OC[C@H]2O[C@@H](n3cnc4c(=O)[nH]c(NC(=O)C(C)C)nc43)C(OCc3ccc4ccc5cccc6ccc3c4c56)C2O[P+](=O)OCC(C#N)N(C(C)C)C(C)C)(c2ccccc2)c2ccc(OC)cc2)cc1. The highest BCUT2D eigenvalue weighted by Gasteiger charge is 2.54. The van der Waals surface area contributed by atoms with E-state index in [0.29, 0.717) is 11.5 Å². The molecule has 1 fully saturated rings. The van der Waals surface area contributed by atoms with E-state index in [4.69, 9.17) is 37.7 Å². The molecule has 0 aliphatic carbocycles. The minimum absolute atomic E-state index is 0.0139. The number of benzene rings is 7. The van der Waals surface area contributed by atoms with Gasteiger partial charge in [-0.2, -0.15) is 10.2 Å². The van der Waals surface area contributed by atoms with Crippen molar-refractivity contribution in [3.8, 4) is 17.6 Å². The number of ether oxygens (including phenoxy) is 5. The number of methoxy groups -OCH3 is 2. The highest BCUT2D eigenvalue weighted by molar-refractivity contribution is 7.33. The normalized spacial score (nSPS) is 17.4. The van der Waals surface area contributed by atoms with Crippen LogP contribution in [0.15, 0.2) is 145 Å². The number of nitrogens with one attached hydrogen (secondary N) is 2. The van der Waals surface area contributed by atoms with Crippen molar-refractivity contribution in [2.24, 2.45) is 5.92 Å². The topological polar surface area (TPSA) is 201 Å². The lowest BCUT2D eigenvalue weighted by Gasteiger charge is -2.37. The lowest BCUT2D eigenvalue weighted by molar-refractivity contribution is -0.118. The van der Waals surface area contributed by atoms with Gasteiger partial charge in [-0.25, -0.2) is 4.98 Å². The van der Waals surface area contributed by atoms with E-state index in [9.17, 15) is 19.4 Å². The van der Waals surface area contributed by atoms with E-state index in [1.165, 1.54) is 6.33 Å². The minimum Gasteiger partial charge on any atom is -0.497 e. The maximum Gasteiger partial charge on any atom is 0.697 e. The number of carbonyl (C=O) groups excluding carboxylic acids is 1. The van der Waals surface area contributed by atoms with Crippen molar-refractivity contribution in [1.82, 2.24) is 24.4 Å². The average Bonchev–Trinajstić information content (AvgIpc) is 4.26. The summed E-state index contributed by atoms with van der Waals surface area (Å²) >= 11 is 0. The molecule has 6 atom stereocenters.